The summed E-state index contributed by atoms with van der Waals surface area (Å²) in [6, 6.07) is 16.0. The number of hydrogen-bond acceptors (Lipinski definition) is 6. The lowest BCUT2D eigenvalue weighted by molar-refractivity contribution is -0.149. The minimum Gasteiger partial charge on any atom is -0.459 e. The van der Waals surface area contributed by atoms with Crippen molar-refractivity contribution in [2.75, 3.05) is 6.61 Å². The van der Waals surface area contributed by atoms with Gasteiger partial charge in [-0.1, -0.05) is 30.3 Å². The number of ether oxygens (including phenoxy) is 1. The molecule has 2 aromatic heterocycles. The molecule has 1 atom stereocenters. The predicted molar refractivity (Wildman–Crippen MR) is 109 cm³/mol. The SMILES string of the molecule is C[C@@H](NC(=O)COC(=O)CCn1c(=O)oc2ccccc21)c1cc2ccccc2o1. The van der Waals surface area contributed by atoms with Crippen molar-refractivity contribution >= 4 is 33.9 Å². The standard InChI is InChI=1S/C22H20N2O6/c1-14(19-12-15-6-2-4-8-17(15)29-19)23-20(25)13-28-21(26)10-11-24-16-7-3-5-9-18(16)30-22(24)27/h2-9,12,14H,10-11,13H2,1H3,(H,23,25)/t14-/m1/s1. The fraction of sp³-hybridized carbons (Fsp3) is 0.227. The molecule has 0 aliphatic carbocycles. The Morgan fingerprint density at radius 3 is 2.60 bits per heavy atom. The zero-order chi connectivity index (χ0) is 21.1. The molecule has 1 amide bonds. The van der Waals surface area contributed by atoms with Gasteiger partial charge in [-0.05, 0) is 31.2 Å². The molecule has 0 aliphatic rings. The number of rotatable bonds is 7. The van der Waals surface area contributed by atoms with E-state index in [0.717, 1.165) is 11.0 Å². The second kappa shape index (κ2) is 8.28. The van der Waals surface area contributed by atoms with E-state index in [4.69, 9.17) is 13.6 Å². The van der Waals surface area contributed by atoms with E-state index in [-0.39, 0.29) is 19.0 Å². The monoisotopic (exact) mass is 408 g/mol. The molecule has 154 valence electrons. The molecule has 1 N–H and O–H groups in total. The molecular formula is C22H20N2O6. The molecule has 30 heavy (non-hydrogen) atoms. The summed E-state index contributed by atoms with van der Waals surface area (Å²) in [4.78, 5) is 36.0. The smallest absolute Gasteiger partial charge is 0.419 e. The number of amides is 1. The van der Waals surface area contributed by atoms with Crippen LogP contribution in [0.4, 0.5) is 0 Å². The number of oxazole rings is 1. The van der Waals surface area contributed by atoms with Crippen LogP contribution >= 0.6 is 0 Å². The van der Waals surface area contributed by atoms with Crippen LogP contribution in [0.5, 0.6) is 0 Å². The number of fused-ring (bicyclic) bond motifs is 2. The van der Waals surface area contributed by atoms with Gasteiger partial charge in [-0.2, -0.15) is 0 Å². The fourth-order valence-corrected chi connectivity index (χ4v) is 3.22. The summed E-state index contributed by atoms with van der Waals surface area (Å²) in [5, 5.41) is 3.68. The largest absolute Gasteiger partial charge is 0.459 e. The number of esters is 1. The van der Waals surface area contributed by atoms with Crippen LogP contribution in [0.25, 0.3) is 22.1 Å². The number of aryl methyl sites for hydroxylation is 1. The second-order valence-corrected chi connectivity index (χ2v) is 6.87. The van der Waals surface area contributed by atoms with Gasteiger partial charge in [0.25, 0.3) is 5.91 Å². The molecule has 2 aromatic carbocycles. The maximum Gasteiger partial charge on any atom is 0.419 e. The maximum atomic E-state index is 12.1. The number of carbonyl (C=O) groups is 2. The molecule has 0 fully saturated rings. The van der Waals surface area contributed by atoms with Crippen molar-refractivity contribution in [1.82, 2.24) is 9.88 Å². The van der Waals surface area contributed by atoms with Crippen molar-refractivity contribution in [3.8, 4) is 0 Å². The Labute approximate surface area is 171 Å². The molecule has 0 spiro atoms. The Morgan fingerprint density at radius 2 is 1.80 bits per heavy atom. The molecule has 0 unspecified atom stereocenters. The van der Waals surface area contributed by atoms with Crippen molar-refractivity contribution in [3.63, 3.8) is 0 Å². The topological polar surface area (TPSA) is 104 Å². The van der Waals surface area contributed by atoms with Crippen LogP contribution < -0.4 is 11.1 Å². The van der Waals surface area contributed by atoms with Crippen LogP contribution in [0.3, 0.4) is 0 Å². The van der Waals surface area contributed by atoms with E-state index in [0.29, 0.717) is 16.9 Å². The molecule has 8 heteroatoms. The lowest BCUT2D eigenvalue weighted by Gasteiger charge is -2.11. The third-order valence-corrected chi connectivity index (χ3v) is 4.73. The Morgan fingerprint density at radius 1 is 1.07 bits per heavy atom. The summed E-state index contributed by atoms with van der Waals surface area (Å²) in [5.41, 5.74) is 1.80. The van der Waals surface area contributed by atoms with E-state index in [1.165, 1.54) is 4.57 Å². The van der Waals surface area contributed by atoms with Gasteiger partial charge in [-0.25, -0.2) is 4.79 Å². The molecular weight excluding hydrogens is 388 g/mol. The molecule has 8 nitrogen and oxygen atoms in total. The third-order valence-electron chi connectivity index (χ3n) is 4.73. The zero-order valence-electron chi connectivity index (χ0n) is 16.3. The summed E-state index contributed by atoms with van der Waals surface area (Å²) in [6.07, 6.45) is -0.0597. The highest BCUT2D eigenvalue weighted by Crippen LogP contribution is 2.23. The van der Waals surface area contributed by atoms with E-state index in [2.05, 4.69) is 5.32 Å². The lowest BCUT2D eigenvalue weighted by atomic mass is 10.2. The van der Waals surface area contributed by atoms with Crippen molar-refractivity contribution in [1.29, 1.82) is 0 Å². The van der Waals surface area contributed by atoms with Crippen molar-refractivity contribution in [2.24, 2.45) is 0 Å². The fourth-order valence-electron chi connectivity index (χ4n) is 3.22. The molecule has 0 saturated carbocycles. The van der Waals surface area contributed by atoms with Crippen LogP contribution in [0.1, 0.15) is 25.1 Å². The number of benzene rings is 2. The van der Waals surface area contributed by atoms with E-state index < -0.39 is 24.2 Å². The minimum atomic E-state index is -0.585. The van der Waals surface area contributed by atoms with Crippen molar-refractivity contribution in [3.05, 3.63) is 70.9 Å². The first-order chi connectivity index (χ1) is 14.5. The molecule has 0 saturated heterocycles. The zero-order valence-corrected chi connectivity index (χ0v) is 16.3. The summed E-state index contributed by atoms with van der Waals surface area (Å²) in [7, 11) is 0. The number of hydrogen-bond donors (Lipinski definition) is 1. The van der Waals surface area contributed by atoms with Crippen LogP contribution in [0.2, 0.25) is 0 Å². The van der Waals surface area contributed by atoms with E-state index in [1.807, 2.05) is 30.3 Å². The Hall–Kier alpha value is -3.81. The maximum absolute atomic E-state index is 12.1. The molecule has 0 aliphatic heterocycles. The summed E-state index contributed by atoms with van der Waals surface area (Å²) in [6.45, 7) is 1.48. The van der Waals surface area contributed by atoms with Crippen LogP contribution in [0.15, 0.2) is 68.2 Å². The summed E-state index contributed by atoms with van der Waals surface area (Å²) < 4.78 is 17.2. The minimum absolute atomic E-state index is 0.0597. The van der Waals surface area contributed by atoms with Crippen molar-refractivity contribution in [2.45, 2.75) is 25.9 Å². The summed E-state index contributed by atoms with van der Waals surface area (Å²) in [5.74, 6) is -0.954. The number of carbonyl (C=O) groups excluding carboxylic acids is 2. The number of aromatic nitrogens is 1. The third kappa shape index (κ3) is 4.12. The van der Waals surface area contributed by atoms with Gasteiger partial charge in [-0.3, -0.25) is 14.2 Å². The lowest BCUT2D eigenvalue weighted by Crippen LogP contribution is -2.31. The average molecular weight is 408 g/mol. The van der Waals surface area contributed by atoms with E-state index in [1.54, 1.807) is 31.2 Å². The second-order valence-electron chi connectivity index (χ2n) is 6.87. The Balaban J connectivity index is 1.27. The summed E-state index contributed by atoms with van der Waals surface area (Å²) >= 11 is 0. The van der Waals surface area contributed by atoms with Gasteiger partial charge in [0, 0.05) is 11.9 Å². The number of nitrogens with one attached hydrogen (secondary N) is 1. The van der Waals surface area contributed by atoms with Gasteiger partial charge in [0.1, 0.15) is 11.3 Å². The highest BCUT2D eigenvalue weighted by molar-refractivity contribution is 5.81. The molecule has 0 bridgehead atoms. The first-order valence-corrected chi connectivity index (χ1v) is 9.53. The number of para-hydroxylation sites is 3. The Bertz CT molecular complexity index is 1230. The number of nitrogens with zero attached hydrogens (tertiary/aromatic N) is 1. The quantitative estimate of drug-likeness (QED) is 0.471. The van der Waals surface area contributed by atoms with Gasteiger partial charge in [0.2, 0.25) is 0 Å². The first-order valence-electron chi connectivity index (χ1n) is 9.53. The molecule has 4 aromatic rings. The highest BCUT2D eigenvalue weighted by atomic mass is 16.5. The van der Waals surface area contributed by atoms with Crippen LogP contribution in [-0.4, -0.2) is 23.1 Å². The molecule has 0 radical (unpaired) electrons. The first kappa shape index (κ1) is 19.5. The van der Waals surface area contributed by atoms with Gasteiger partial charge >= 0.3 is 11.7 Å². The highest BCUT2D eigenvalue weighted by Gasteiger charge is 2.16. The van der Waals surface area contributed by atoms with Crippen LogP contribution in [-0.2, 0) is 20.9 Å². The average Bonchev–Trinajstić information content (AvgIpc) is 3.31. The van der Waals surface area contributed by atoms with Gasteiger partial charge in [0.05, 0.1) is 18.0 Å². The normalized spacial score (nSPS) is 12.2. The van der Waals surface area contributed by atoms with Crippen molar-refractivity contribution < 1.29 is 23.2 Å². The predicted octanol–water partition coefficient (Wildman–Crippen LogP) is 3.15. The molecule has 4 rings (SSSR count). The number of furan rings is 1. The van der Waals surface area contributed by atoms with Gasteiger partial charge in [-0.15, -0.1) is 0 Å². The van der Waals surface area contributed by atoms with E-state index in [9.17, 15) is 14.4 Å². The molecule has 2 heterocycles. The van der Waals surface area contributed by atoms with Crippen LogP contribution in [0, 0.1) is 0 Å². The van der Waals surface area contributed by atoms with E-state index >= 15 is 0 Å². The van der Waals surface area contributed by atoms with Gasteiger partial charge in [0.15, 0.2) is 12.2 Å². The Kier molecular flexibility index (Phi) is 5.38. The van der Waals surface area contributed by atoms with Gasteiger partial charge < -0.3 is 18.9 Å².